The Labute approximate surface area is 148 Å². The van der Waals surface area contributed by atoms with Gasteiger partial charge in [-0.15, -0.1) is 5.10 Å². The number of hydrogen-bond donors (Lipinski definition) is 0. The molecule has 0 saturated carbocycles. The monoisotopic (exact) mass is 347 g/mol. The number of aryl methyl sites for hydroxylation is 1. The van der Waals surface area contributed by atoms with Crippen LogP contribution in [-0.4, -0.2) is 56.8 Å². The summed E-state index contributed by atoms with van der Waals surface area (Å²) < 4.78 is 19.8. The van der Waals surface area contributed by atoms with E-state index in [1.807, 2.05) is 12.3 Å². The van der Waals surface area contributed by atoms with Gasteiger partial charge < -0.3 is 4.74 Å². The summed E-state index contributed by atoms with van der Waals surface area (Å²) in [5.74, 6) is 0.739. The topological polar surface area (TPSA) is 56.1 Å². The second kappa shape index (κ2) is 8.38. The van der Waals surface area contributed by atoms with Crippen molar-refractivity contribution in [2.75, 3.05) is 19.8 Å². The Morgan fingerprint density at radius 1 is 1.32 bits per heavy atom. The maximum Gasteiger partial charge on any atom is 0.139 e. The summed E-state index contributed by atoms with van der Waals surface area (Å²) in [7, 11) is 0. The van der Waals surface area contributed by atoms with Gasteiger partial charge in [-0.05, 0) is 39.5 Å². The lowest BCUT2D eigenvalue weighted by Gasteiger charge is -2.43. The van der Waals surface area contributed by atoms with Gasteiger partial charge in [-0.3, -0.25) is 14.3 Å². The zero-order chi connectivity index (χ0) is 17.6. The van der Waals surface area contributed by atoms with E-state index in [0.717, 1.165) is 36.5 Å². The fourth-order valence-electron chi connectivity index (χ4n) is 3.06. The molecule has 7 heteroatoms. The standard InChI is InChI=1S/C18H26FN5O/c1-14(2)23-8-6-16(23)13-25-18-9-17(10-20-11-18)24-12-15(21-22-24)5-3-4-7-19/h9-12,14,16H,3-8,13H2,1-2H3/t16-/m0/s1. The highest BCUT2D eigenvalue weighted by molar-refractivity contribution is 5.34. The first-order valence-corrected chi connectivity index (χ1v) is 8.98. The van der Waals surface area contributed by atoms with E-state index in [1.165, 1.54) is 6.42 Å². The Hall–Kier alpha value is -2.02. The van der Waals surface area contributed by atoms with E-state index in [4.69, 9.17) is 4.74 Å². The molecule has 0 bridgehead atoms. The van der Waals surface area contributed by atoms with E-state index >= 15 is 0 Å². The molecule has 1 aliphatic rings. The molecule has 0 N–H and O–H groups in total. The molecule has 0 aliphatic carbocycles. The molecule has 0 amide bonds. The van der Waals surface area contributed by atoms with E-state index in [9.17, 15) is 4.39 Å². The molecule has 3 heterocycles. The molecule has 1 fully saturated rings. The molecule has 2 aromatic heterocycles. The Morgan fingerprint density at radius 2 is 2.20 bits per heavy atom. The second-order valence-corrected chi connectivity index (χ2v) is 6.76. The molecule has 1 aliphatic heterocycles. The number of pyridine rings is 1. The van der Waals surface area contributed by atoms with Gasteiger partial charge in [0.15, 0.2) is 0 Å². The zero-order valence-electron chi connectivity index (χ0n) is 14.9. The van der Waals surface area contributed by atoms with Gasteiger partial charge in [0.1, 0.15) is 12.4 Å². The van der Waals surface area contributed by atoms with Gasteiger partial charge in [0.25, 0.3) is 0 Å². The quantitative estimate of drug-likeness (QED) is 0.653. The van der Waals surface area contributed by atoms with Crippen molar-refractivity contribution in [3.63, 3.8) is 0 Å². The molecule has 0 unspecified atom stereocenters. The zero-order valence-corrected chi connectivity index (χ0v) is 14.9. The molecule has 6 nitrogen and oxygen atoms in total. The largest absolute Gasteiger partial charge is 0.490 e. The number of unbranched alkanes of at least 4 members (excludes halogenated alkanes) is 1. The fraction of sp³-hybridized carbons (Fsp3) is 0.611. The van der Waals surface area contributed by atoms with Crippen LogP contribution in [-0.2, 0) is 6.42 Å². The van der Waals surface area contributed by atoms with Crippen LogP contribution in [0, 0.1) is 0 Å². The number of aromatic nitrogens is 4. The van der Waals surface area contributed by atoms with E-state index in [0.29, 0.717) is 25.1 Å². The summed E-state index contributed by atoms with van der Waals surface area (Å²) in [6, 6.07) is 2.96. The van der Waals surface area contributed by atoms with E-state index in [1.54, 1.807) is 17.1 Å². The van der Waals surface area contributed by atoms with E-state index in [-0.39, 0.29) is 6.67 Å². The first-order chi connectivity index (χ1) is 12.2. The van der Waals surface area contributed by atoms with Crippen LogP contribution in [0.2, 0.25) is 0 Å². The molecule has 136 valence electrons. The Bertz CT molecular complexity index is 675. The van der Waals surface area contributed by atoms with Crippen molar-refractivity contribution in [1.29, 1.82) is 0 Å². The molecule has 0 aromatic carbocycles. The first kappa shape index (κ1) is 17.8. The lowest BCUT2D eigenvalue weighted by Crippen LogP contribution is -2.54. The summed E-state index contributed by atoms with van der Waals surface area (Å²) >= 11 is 0. The van der Waals surface area contributed by atoms with Crippen molar-refractivity contribution in [3.05, 3.63) is 30.4 Å². The second-order valence-electron chi connectivity index (χ2n) is 6.76. The summed E-state index contributed by atoms with van der Waals surface area (Å²) in [5.41, 5.74) is 1.68. The first-order valence-electron chi connectivity index (χ1n) is 8.98. The Balaban J connectivity index is 1.58. The highest BCUT2D eigenvalue weighted by Gasteiger charge is 2.30. The van der Waals surface area contributed by atoms with E-state index in [2.05, 4.69) is 34.0 Å². The molecule has 0 radical (unpaired) electrons. The van der Waals surface area contributed by atoms with Crippen LogP contribution in [0.5, 0.6) is 5.75 Å². The van der Waals surface area contributed by atoms with Gasteiger partial charge in [-0.2, -0.15) is 0 Å². The summed E-state index contributed by atoms with van der Waals surface area (Å²) in [6.45, 7) is 5.96. The van der Waals surface area contributed by atoms with Crippen molar-refractivity contribution in [2.24, 2.45) is 0 Å². The van der Waals surface area contributed by atoms with Crippen LogP contribution >= 0.6 is 0 Å². The van der Waals surface area contributed by atoms with Gasteiger partial charge in [-0.1, -0.05) is 5.21 Å². The van der Waals surface area contributed by atoms with Crippen LogP contribution in [0.4, 0.5) is 4.39 Å². The number of rotatable bonds is 9. The van der Waals surface area contributed by atoms with Crippen molar-refractivity contribution >= 4 is 0 Å². The van der Waals surface area contributed by atoms with E-state index < -0.39 is 0 Å². The van der Waals surface area contributed by atoms with Crippen LogP contribution in [0.3, 0.4) is 0 Å². The van der Waals surface area contributed by atoms with Gasteiger partial charge in [-0.25, -0.2) is 4.68 Å². The minimum Gasteiger partial charge on any atom is -0.490 e. The third kappa shape index (κ3) is 4.54. The molecule has 1 atom stereocenters. The normalized spacial score (nSPS) is 17.7. The molecular weight excluding hydrogens is 321 g/mol. The molecule has 25 heavy (non-hydrogen) atoms. The van der Waals surface area contributed by atoms with Gasteiger partial charge in [0, 0.05) is 24.7 Å². The Morgan fingerprint density at radius 3 is 2.92 bits per heavy atom. The highest BCUT2D eigenvalue weighted by atomic mass is 19.1. The lowest BCUT2D eigenvalue weighted by atomic mass is 10.0. The molecule has 1 saturated heterocycles. The number of alkyl halides is 1. The van der Waals surface area contributed by atoms with Gasteiger partial charge in [0.2, 0.25) is 0 Å². The van der Waals surface area contributed by atoms with Crippen molar-refractivity contribution in [1.82, 2.24) is 24.9 Å². The fourth-order valence-corrected chi connectivity index (χ4v) is 3.06. The number of hydrogen-bond acceptors (Lipinski definition) is 5. The third-order valence-corrected chi connectivity index (χ3v) is 4.62. The third-order valence-electron chi connectivity index (χ3n) is 4.62. The smallest absolute Gasteiger partial charge is 0.139 e. The minimum atomic E-state index is -0.285. The maximum atomic E-state index is 12.2. The predicted octanol–water partition coefficient (Wildman–Crippen LogP) is 2.82. The molecular formula is C18H26FN5O. The SMILES string of the molecule is CC(C)N1CC[C@H]1COc1cncc(-n2cc(CCCCF)nn2)c1. The van der Waals surface area contributed by atoms with Crippen molar-refractivity contribution < 1.29 is 9.13 Å². The average Bonchev–Trinajstić information content (AvgIpc) is 3.03. The number of ether oxygens (including phenoxy) is 1. The number of nitrogens with zero attached hydrogens (tertiary/aromatic N) is 5. The molecule has 3 rings (SSSR count). The summed E-state index contributed by atoms with van der Waals surface area (Å²) in [5, 5.41) is 8.27. The number of halogens is 1. The molecule has 0 spiro atoms. The number of likely N-dealkylation sites (tertiary alicyclic amines) is 1. The van der Waals surface area contributed by atoms with Crippen molar-refractivity contribution in [3.8, 4) is 11.4 Å². The van der Waals surface area contributed by atoms with Gasteiger partial charge in [0.05, 0.1) is 36.6 Å². The van der Waals surface area contributed by atoms with Gasteiger partial charge >= 0.3 is 0 Å². The summed E-state index contributed by atoms with van der Waals surface area (Å²) in [4.78, 5) is 6.69. The van der Waals surface area contributed by atoms with Crippen LogP contribution in [0.25, 0.3) is 5.69 Å². The van der Waals surface area contributed by atoms with Crippen LogP contribution in [0.1, 0.15) is 38.8 Å². The van der Waals surface area contributed by atoms with Crippen molar-refractivity contribution in [2.45, 2.75) is 51.6 Å². The minimum absolute atomic E-state index is 0.285. The van der Waals surface area contributed by atoms with Crippen LogP contribution in [0.15, 0.2) is 24.7 Å². The lowest BCUT2D eigenvalue weighted by molar-refractivity contribution is 0.0241. The molecule has 2 aromatic rings. The average molecular weight is 347 g/mol. The summed E-state index contributed by atoms with van der Waals surface area (Å²) in [6.07, 6.45) is 8.58. The van der Waals surface area contributed by atoms with Crippen LogP contribution < -0.4 is 4.74 Å². The maximum absolute atomic E-state index is 12.2. The highest BCUT2D eigenvalue weighted by Crippen LogP contribution is 2.22. The predicted molar refractivity (Wildman–Crippen MR) is 93.8 cm³/mol. The Kier molecular flexibility index (Phi) is 5.96.